The summed E-state index contributed by atoms with van der Waals surface area (Å²) in [6, 6.07) is 7.57. The summed E-state index contributed by atoms with van der Waals surface area (Å²) in [6.07, 6.45) is 5.78. The average Bonchev–Trinajstić information content (AvgIpc) is 2.89. The number of allylic oxidation sites excluding steroid dienone is 3. The Labute approximate surface area is 174 Å². The van der Waals surface area contributed by atoms with Gasteiger partial charge in [0.2, 0.25) is 0 Å². The van der Waals surface area contributed by atoms with Gasteiger partial charge in [-0.15, -0.1) is 0 Å². The molecule has 2 rings (SSSR count). The van der Waals surface area contributed by atoms with Gasteiger partial charge < -0.3 is 4.74 Å². The molecule has 0 bridgehead atoms. The summed E-state index contributed by atoms with van der Waals surface area (Å²) in [5, 5.41) is -0.489. The SMILES string of the molecule is C/C(C=O)=C\c1ccc(/C=C(C)/C=C2\SC(=O)N(CC(=O)OC(C)C)C2=O)cc1. The van der Waals surface area contributed by atoms with Crippen molar-refractivity contribution in [1.82, 2.24) is 4.90 Å². The van der Waals surface area contributed by atoms with Crippen LogP contribution in [0.2, 0.25) is 0 Å². The third-order valence-corrected chi connectivity index (χ3v) is 4.71. The molecule has 0 aromatic heterocycles. The predicted octanol–water partition coefficient (Wildman–Crippen LogP) is 4.22. The molecule has 0 aliphatic carbocycles. The predicted molar refractivity (Wildman–Crippen MR) is 114 cm³/mol. The highest BCUT2D eigenvalue weighted by molar-refractivity contribution is 8.18. The van der Waals surface area contributed by atoms with Gasteiger partial charge in [-0.25, -0.2) is 0 Å². The number of imide groups is 1. The summed E-state index contributed by atoms with van der Waals surface area (Å²) in [4.78, 5) is 48.1. The Morgan fingerprint density at radius 1 is 1.07 bits per heavy atom. The molecule has 2 amide bonds. The van der Waals surface area contributed by atoms with Crippen molar-refractivity contribution >= 4 is 47.3 Å². The zero-order valence-electron chi connectivity index (χ0n) is 16.8. The maximum absolute atomic E-state index is 12.4. The van der Waals surface area contributed by atoms with Crippen molar-refractivity contribution in [2.24, 2.45) is 0 Å². The van der Waals surface area contributed by atoms with Gasteiger partial charge in [0, 0.05) is 0 Å². The number of aldehydes is 1. The monoisotopic (exact) mass is 413 g/mol. The van der Waals surface area contributed by atoms with Gasteiger partial charge in [-0.3, -0.25) is 24.1 Å². The second-order valence-electron chi connectivity index (χ2n) is 6.87. The molecule has 1 aromatic carbocycles. The van der Waals surface area contributed by atoms with Crippen LogP contribution < -0.4 is 0 Å². The molecule has 0 N–H and O–H groups in total. The third-order valence-electron chi connectivity index (χ3n) is 3.80. The molecular formula is C22H23NO5S. The number of hydrogen-bond donors (Lipinski definition) is 0. The van der Waals surface area contributed by atoms with Crippen LogP contribution in [-0.2, 0) is 19.1 Å². The quantitative estimate of drug-likeness (QED) is 0.378. The summed E-state index contributed by atoms with van der Waals surface area (Å²) in [5.41, 5.74) is 3.25. The van der Waals surface area contributed by atoms with E-state index in [1.54, 1.807) is 32.9 Å². The van der Waals surface area contributed by atoms with E-state index in [1.807, 2.05) is 37.3 Å². The molecule has 1 heterocycles. The second kappa shape index (κ2) is 10.0. The number of benzene rings is 1. The molecule has 1 saturated heterocycles. The highest BCUT2D eigenvalue weighted by Gasteiger charge is 2.36. The summed E-state index contributed by atoms with van der Waals surface area (Å²) >= 11 is 0.802. The number of carbonyl (C=O) groups excluding carboxylic acids is 4. The first kappa shape index (κ1) is 22.4. The van der Waals surface area contributed by atoms with Gasteiger partial charge in [0.25, 0.3) is 11.1 Å². The second-order valence-corrected chi connectivity index (χ2v) is 7.86. The van der Waals surface area contributed by atoms with Gasteiger partial charge in [0.15, 0.2) is 0 Å². The Kier molecular flexibility index (Phi) is 7.73. The first-order valence-electron chi connectivity index (χ1n) is 9.06. The van der Waals surface area contributed by atoms with Crippen LogP contribution in [0.3, 0.4) is 0 Å². The van der Waals surface area contributed by atoms with Crippen molar-refractivity contribution in [1.29, 1.82) is 0 Å². The number of ether oxygens (including phenoxy) is 1. The van der Waals surface area contributed by atoms with Crippen LogP contribution in [0, 0.1) is 0 Å². The zero-order valence-corrected chi connectivity index (χ0v) is 17.6. The van der Waals surface area contributed by atoms with Gasteiger partial charge >= 0.3 is 5.97 Å². The Balaban J connectivity index is 2.11. The van der Waals surface area contributed by atoms with Gasteiger partial charge in [0.05, 0.1) is 11.0 Å². The van der Waals surface area contributed by atoms with Gasteiger partial charge in [-0.05, 0) is 73.9 Å². The van der Waals surface area contributed by atoms with E-state index >= 15 is 0 Å². The van der Waals surface area contributed by atoms with E-state index in [2.05, 4.69) is 0 Å². The zero-order chi connectivity index (χ0) is 21.6. The van der Waals surface area contributed by atoms with E-state index in [0.29, 0.717) is 5.57 Å². The summed E-state index contributed by atoms with van der Waals surface area (Å²) < 4.78 is 5.00. The standard InChI is InChI=1S/C22H23NO5S/c1-14(2)28-20(25)12-23-21(26)19(29-22(23)27)11-15(3)9-17-5-7-18(8-6-17)10-16(4)13-24/h5-11,13-14H,12H2,1-4H3/b15-9+,16-10+,19-11-. The van der Waals surface area contributed by atoms with Crippen LogP contribution in [0.25, 0.3) is 12.2 Å². The lowest BCUT2D eigenvalue weighted by Gasteiger charge is -2.13. The molecule has 6 nitrogen and oxygen atoms in total. The van der Waals surface area contributed by atoms with Crippen LogP contribution >= 0.6 is 11.8 Å². The molecule has 0 unspecified atom stereocenters. The highest BCUT2D eigenvalue weighted by Crippen LogP contribution is 2.31. The van der Waals surface area contributed by atoms with Crippen LogP contribution in [-0.4, -0.2) is 41.0 Å². The lowest BCUT2D eigenvalue weighted by molar-refractivity contribution is -0.149. The molecule has 29 heavy (non-hydrogen) atoms. The Hall–Kier alpha value is -2.93. The average molecular weight is 413 g/mol. The number of esters is 1. The van der Waals surface area contributed by atoms with Gasteiger partial charge in [-0.2, -0.15) is 0 Å². The van der Waals surface area contributed by atoms with Crippen molar-refractivity contribution in [2.45, 2.75) is 33.8 Å². The van der Waals surface area contributed by atoms with E-state index < -0.39 is 23.7 Å². The fraction of sp³-hybridized carbons (Fsp3) is 0.273. The minimum Gasteiger partial charge on any atom is -0.462 e. The minimum atomic E-state index is -0.616. The Morgan fingerprint density at radius 2 is 1.62 bits per heavy atom. The topological polar surface area (TPSA) is 80.8 Å². The molecular weight excluding hydrogens is 390 g/mol. The Bertz CT molecular complexity index is 910. The van der Waals surface area contributed by atoms with Gasteiger partial charge in [-0.1, -0.05) is 30.3 Å². The van der Waals surface area contributed by atoms with Crippen molar-refractivity contribution in [2.75, 3.05) is 6.54 Å². The normalized spacial score (nSPS) is 16.7. The van der Waals surface area contributed by atoms with Crippen LogP contribution in [0.4, 0.5) is 4.79 Å². The van der Waals surface area contributed by atoms with Crippen molar-refractivity contribution in [3.05, 3.63) is 57.5 Å². The van der Waals surface area contributed by atoms with E-state index in [-0.39, 0.29) is 11.0 Å². The van der Waals surface area contributed by atoms with E-state index in [0.717, 1.165) is 39.6 Å². The van der Waals surface area contributed by atoms with Crippen LogP contribution in [0.1, 0.15) is 38.8 Å². The number of hydrogen-bond acceptors (Lipinski definition) is 6. The van der Waals surface area contributed by atoms with Crippen LogP contribution in [0.5, 0.6) is 0 Å². The molecule has 1 aromatic rings. The smallest absolute Gasteiger partial charge is 0.326 e. The lowest BCUT2D eigenvalue weighted by atomic mass is 10.1. The third kappa shape index (κ3) is 6.57. The first-order chi connectivity index (χ1) is 13.7. The molecule has 1 aliphatic rings. The molecule has 0 atom stereocenters. The molecule has 0 spiro atoms. The maximum Gasteiger partial charge on any atom is 0.326 e. The van der Waals surface area contributed by atoms with Crippen molar-refractivity contribution < 1.29 is 23.9 Å². The number of nitrogens with zero attached hydrogens (tertiary/aromatic N) is 1. The minimum absolute atomic E-state index is 0.266. The number of thioether (sulfide) groups is 1. The number of rotatable bonds is 7. The van der Waals surface area contributed by atoms with E-state index in [1.165, 1.54) is 0 Å². The van der Waals surface area contributed by atoms with Crippen LogP contribution in [0.15, 0.2) is 46.4 Å². The molecule has 152 valence electrons. The fourth-order valence-electron chi connectivity index (χ4n) is 2.56. The summed E-state index contributed by atoms with van der Waals surface area (Å²) in [5.74, 6) is -1.12. The summed E-state index contributed by atoms with van der Waals surface area (Å²) in [7, 11) is 0. The maximum atomic E-state index is 12.4. The summed E-state index contributed by atoms with van der Waals surface area (Å²) in [6.45, 7) is 6.57. The molecule has 0 saturated carbocycles. The molecule has 1 fully saturated rings. The molecule has 1 aliphatic heterocycles. The fourth-order valence-corrected chi connectivity index (χ4v) is 3.45. The Morgan fingerprint density at radius 3 is 2.14 bits per heavy atom. The number of amides is 2. The lowest BCUT2D eigenvalue weighted by Crippen LogP contribution is -2.35. The largest absolute Gasteiger partial charge is 0.462 e. The van der Waals surface area contributed by atoms with E-state index in [9.17, 15) is 19.2 Å². The number of carbonyl (C=O) groups is 4. The van der Waals surface area contributed by atoms with E-state index in [4.69, 9.17) is 4.74 Å². The molecule has 7 heteroatoms. The van der Waals surface area contributed by atoms with Crippen molar-refractivity contribution in [3.63, 3.8) is 0 Å². The highest BCUT2D eigenvalue weighted by atomic mass is 32.2. The molecule has 0 radical (unpaired) electrons. The van der Waals surface area contributed by atoms with Crippen molar-refractivity contribution in [3.8, 4) is 0 Å². The first-order valence-corrected chi connectivity index (χ1v) is 9.88. The van der Waals surface area contributed by atoms with Gasteiger partial charge in [0.1, 0.15) is 12.8 Å².